The number of carbonyl (C=O) groups excluding carboxylic acids is 1. The summed E-state index contributed by atoms with van der Waals surface area (Å²) in [6.45, 7) is 11.8. The highest BCUT2D eigenvalue weighted by Crippen LogP contribution is 2.41. The van der Waals surface area contributed by atoms with E-state index in [1.54, 1.807) is 20.3 Å². The molecule has 0 aromatic heterocycles. The van der Waals surface area contributed by atoms with E-state index in [-0.39, 0.29) is 36.0 Å². The Kier molecular flexibility index (Phi) is 19.6. The zero-order valence-electron chi connectivity index (χ0n) is 36.0. The van der Waals surface area contributed by atoms with E-state index in [0.717, 1.165) is 33.6 Å². The van der Waals surface area contributed by atoms with Crippen LogP contribution in [0.3, 0.4) is 0 Å². The fourth-order valence-electron chi connectivity index (χ4n) is 7.52. The lowest BCUT2D eigenvalue weighted by Gasteiger charge is -2.37. The molecule has 3 rings (SSSR count). The molecule has 0 aliphatic heterocycles. The van der Waals surface area contributed by atoms with Gasteiger partial charge in [0, 0.05) is 24.9 Å². The molecule has 0 bridgehead atoms. The Morgan fingerprint density at radius 3 is 1.81 bits per heavy atom. The lowest BCUT2D eigenvalue weighted by molar-refractivity contribution is -0.139. The van der Waals surface area contributed by atoms with Crippen molar-refractivity contribution in [1.29, 1.82) is 0 Å². The minimum absolute atomic E-state index is 0.0688. The molecule has 0 heterocycles. The van der Waals surface area contributed by atoms with Crippen molar-refractivity contribution < 1.29 is 43.8 Å². The maximum Gasteiger partial charge on any atom is 0.373 e. The van der Waals surface area contributed by atoms with Crippen molar-refractivity contribution in [3.8, 4) is 5.75 Å². The second-order valence-corrected chi connectivity index (χ2v) is 15.2. The number of esters is 1. The molecule has 3 N–H and O–H groups in total. The number of hydrogen-bond acceptors (Lipinski definition) is 9. The number of carbonyl (C=O) groups is 1. The Morgan fingerprint density at radius 2 is 1.31 bits per heavy atom. The molecule has 0 aliphatic carbocycles. The minimum Gasteiger partial charge on any atom is -0.497 e. The van der Waals surface area contributed by atoms with Gasteiger partial charge in [-0.15, -0.1) is 0 Å². The highest BCUT2D eigenvalue weighted by Gasteiger charge is 2.39. The zero-order valence-corrected chi connectivity index (χ0v) is 36.0. The maximum atomic E-state index is 11.9. The van der Waals surface area contributed by atoms with Crippen LogP contribution in [0.1, 0.15) is 71.1 Å². The summed E-state index contributed by atoms with van der Waals surface area (Å²) in [7, 11) is 5.91. The number of methoxy groups -OCH3 is 4. The summed E-state index contributed by atoms with van der Waals surface area (Å²) < 4.78 is 28.1. The van der Waals surface area contributed by atoms with E-state index in [9.17, 15) is 20.1 Å². The van der Waals surface area contributed by atoms with E-state index in [0.29, 0.717) is 12.8 Å². The van der Waals surface area contributed by atoms with Gasteiger partial charge in [-0.3, -0.25) is 0 Å². The monoisotopic (exact) mass is 798 g/mol. The molecule has 0 unspecified atom stereocenters. The largest absolute Gasteiger partial charge is 0.497 e. The smallest absolute Gasteiger partial charge is 0.373 e. The Labute approximate surface area is 346 Å². The van der Waals surface area contributed by atoms with E-state index < -0.39 is 36.0 Å². The van der Waals surface area contributed by atoms with E-state index in [1.807, 2.05) is 127 Å². The molecule has 9 nitrogen and oxygen atoms in total. The van der Waals surface area contributed by atoms with Gasteiger partial charge in [-0.2, -0.15) is 0 Å². The topological polar surface area (TPSA) is 124 Å². The van der Waals surface area contributed by atoms with Crippen LogP contribution in [0.2, 0.25) is 0 Å². The highest BCUT2D eigenvalue weighted by molar-refractivity contribution is 5.86. The van der Waals surface area contributed by atoms with Gasteiger partial charge in [-0.1, -0.05) is 136 Å². The summed E-state index contributed by atoms with van der Waals surface area (Å²) >= 11 is 0. The molecular formula is C49H66O9. The normalized spacial score (nSPS) is 17.2. The number of benzene rings is 3. The summed E-state index contributed by atoms with van der Waals surface area (Å²) in [5.74, 6) is -0.880. The van der Waals surface area contributed by atoms with Gasteiger partial charge in [-0.25, -0.2) is 4.79 Å². The minimum atomic E-state index is -0.958. The second-order valence-electron chi connectivity index (χ2n) is 15.2. The van der Waals surface area contributed by atoms with E-state index in [4.69, 9.17) is 23.7 Å². The van der Waals surface area contributed by atoms with E-state index in [1.165, 1.54) is 14.2 Å². The third-order valence-corrected chi connectivity index (χ3v) is 10.9. The predicted octanol–water partition coefficient (Wildman–Crippen LogP) is 8.58. The first kappa shape index (κ1) is 47.9. The summed E-state index contributed by atoms with van der Waals surface area (Å²) in [6.07, 6.45) is 7.28. The van der Waals surface area contributed by atoms with Crippen LogP contribution in [0.15, 0.2) is 132 Å². The van der Waals surface area contributed by atoms with Crippen LogP contribution < -0.4 is 4.74 Å². The van der Waals surface area contributed by atoms with Crippen LogP contribution in [-0.2, 0) is 29.3 Å². The average Bonchev–Trinajstić information content (AvgIpc) is 3.24. The number of rotatable bonds is 23. The predicted molar refractivity (Wildman–Crippen MR) is 230 cm³/mol. The molecule has 0 fully saturated rings. The zero-order chi connectivity index (χ0) is 42.8. The van der Waals surface area contributed by atoms with Gasteiger partial charge in [-0.05, 0) is 67.5 Å². The summed E-state index contributed by atoms with van der Waals surface area (Å²) in [5.41, 5.74) is 3.67. The fraction of sp³-hybridized carbons (Fsp3) is 0.449. The third-order valence-electron chi connectivity index (χ3n) is 10.9. The lowest BCUT2D eigenvalue weighted by atomic mass is 9.79. The van der Waals surface area contributed by atoms with Crippen LogP contribution >= 0.6 is 0 Å². The molecule has 0 radical (unpaired) electrons. The van der Waals surface area contributed by atoms with Gasteiger partial charge in [0.1, 0.15) is 17.5 Å². The quantitative estimate of drug-likeness (QED) is 0.0285. The van der Waals surface area contributed by atoms with Crippen LogP contribution in [0, 0.1) is 23.7 Å². The van der Waals surface area contributed by atoms with Gasteiger partial charge in [0.05, 0.1) is 46.2 Å². The van der Waals surface area contributed by atoms with Gasteiger partial charge in [0.2, 0.25) is 5.76 Å². The molecule has 58 heavy (non-hydrogen) atoms. The molecule has 0 saturated carbocycles. The van der Waals surface area contributed by atoms with Crippen molar-refractivity contribution in [1.82, 2.24) is 0 Å². The van der Waals surface area contributed by atoms with Crippen molar-refractivity contribution in [2.45, 2.75) is 84.4 Å². The average molecular weight is 799 g/mol. The maximum absolute atomic E-state index is 11.9. The number of ether oxygens (including phenoxy) is 5. The van der Waals surface area contributed by atoms with Gasteiger partial charge in [0.15, 0.2) is 0 Å². The van der Waals surface area contributed by atoms with Crippen molar-refractivity contribution in [2.24, 2.45) is 23.7 Å². The van der Waals surface area contributed by atoms with Crippen molar-refractivity contribution in [2.75, 3.05) is 35.0 Å². The first-order valence-corrected chi connectivity index (χ1v) is 20.1. The molecule has 9 heteroatoms. The SMILES string of the molecule is CC[C@@H]([C@@H](O)[C@H](C)C/C(C)=C/C=C/[C@H](OC)[C@H](O)[C@@H](C)COC(c1ccccc1)(c1ccccc1)c1ccc(OC)cc1)[C@H](O)[C@H](C)/C=C(C)/C=C(\OC)C(=O)OC. The summed E-state index contributed by atoms with van der Waals surface area (Å²) in [6, 6.07) is 28.1. The van der Waals surface area contributed by atoms with E-state index >= 15 is 0 Å². The van der Waals surface area contributed by atoms with Crippen molar-refractivity contribution in [3.63, 3.8) is 0 Å². The summed E-state index contributed by atoms with van der Waals surface area (Å²) in [5, 5.41) is 34.3. The molecule has 0 spiro atoms. The van der Waals surface area contributed by atoms with Gasteiger partial charge in [0.25, 0.3) is 0 Å². The van der Waals surface area contributed by atoms with Crippen molar-refractivity contribution >= 4 is 5.97 Å². The number of allylic oxidation sites excluding steroid dienone is 5. The molecule has 0 saturated heterocycles. The standard InChI is InChI=1S/C49H66O9/c1-11-42(46(51)36(5)30-34(3)31-44(56-9)48(53)57-10)45(50)35(4)29-33(2)19-18-24-43(55-8)47(52)37(6)32-58-49(38-20-14-12-15-21-38,39-22-16-13-17-23-39)40-25-27-41(54-7)28-26-40/h12-28,30-31,35-37,42-43,45-47,50-52H,11,29,32H2,1-10H3/b24-18+,33-19+,34-30+,44-31-/t35-,36-,37+,42+,43+,45+,46-,47-/m1/s1. The molecule has 3 aromatic carbocycles. The van der Waals surface area contributed by atoms with E-state index in [2.05, 4.69) is 24.3 Å². The van der Waals surface area contributed by atoms with Crippen LogP contribution in [0.5, 0.6) is 5.75 Å². The Bertz CT molecular complexity index is 1740. The van der Waals surface area contributed by atoms with Crippen molar-refractivity contribution in [3.05, 3.63) is 149 Å². The van der Waals surface area contributed by atoms with Gasteiger partial charge >= 0.3 is 5.97 Å². The molecule has 0 amide bonds. The highest BCUT2D eigenvalue weighted by atomic mass is 16.6. The van der Waals surface area contributed by atoms with Crippen LogP contribution in [0.4, 0.5) is 0 Å². The Balaban J connectivity index is 1.73. The molecular weight excluding hydrogens is 733 g/mol. The first-order valence-electron chi connectivity index (χ1n) is 20.1. The molecule has 8 atom stereocenters. The lowest BCUT2D eigenvalue weighted by Crippen LogP contribution is -2.39. The molecule has 316 valence electrons. The molecule has 0 aliphatic rings. The van der Waals surface area contributed by atoms with Crippen LogP contribution in [0.25, 0.3) is 0 Å². The molecule has 3 aromatic rings. The Hall–Kier alpha value is -4.51. The van der Waals surface area contributed by atoms with Gasteiger partial charge < -0.3 is 39.0 Å². The fourth-order valence-corrected chi connectivity index (χ4v) is 7.52. The third kappa shape index (κ3) is 12.7. The summed E-state index contributed by atoms with van der Waals surface area (Å²) in [4.78, 5) is 11.9. The second kappa shape index (κ2) is 23.8. The van der Waals surface area contributed by atoms with Crippen LogP contribution in [-0.4, -0.2) is 80.8 Å². The number of hydrogen-bond donors (Lipinski definition) is 3. The Morgan fingerprint density at radius 1 is 0.741 bits per heavy atom. The number of aliphatic hydroxyl groups is 3. The first-order chi connectivity index (χ1) is 27.8. The number of aliphatic hydroxyl groups excluding tert-OH is 3.